The molecule has 0 saturated carbocycles. The molecule has 0 atom stereocenters. The predicted octanol–water partition coefficient (Wildman–Crippen LogP) is 3.03. The molecule has 5 nitrogen and oxygen atoms in total. The fourth-order valence-corrected chi connectivity index (χ4v) is 1.63. The normalized spacial score (nSPS) is 11.8. The molecule has 2 aromatic rings. The highest BCUT2D eigenvalue weighted by molar-refractivity contribution is 6.31. The standard InChI is InChI=1S/C12H12ClNO4/c1-12(2,3)17-11(16)14-9-6-7(13)4-5-8(9)10(15)18-14/h4-6H,1-3H3. The van der Waals surface area contributed by atoms with Crippen LogP contribution in [-0.4, -0.2) is 16.4 Å². The average Bonchev–Trinajstić information content (AvgIpc) is 2.53. The lowest BCUT2D eigenvalue weighted by atomic mass is 10.2. The number of benzene rings is 1. The Kier molecular flexibility index (Phi) is 2.94. The lowest BCUT2D eigenvalue weighted by Crippen LogP contribution is -2.26. The molecule has 0 aliphatic carbocycles. The number of carbonyl (C=O) groups is 1. The van der Waals surface area contributed by atoms with Gasteiger partial charge in [-0.15, -0.1) is 4.74 Å². The first-order valence-electron chi connectivity index (χ1n) is 5.33. The summed E-state index contributed by atoms with van der Waals surface area (Å²) in [7, 11) is 0. The SMILES string of the molecule is CC(C)(C)OC(=O)n1oc(=O)c2ccc(Cl)cc21. The Morgan fingerprint density at radius 3 is 2.67 bits per heavy atom. The first-order valence-corrected chi connectivity index (χ1v) is 5.71. The zero-order valence-corrected chi connectivity index (χ0v) is 10.9. The number of halogens is 1. The Hall–Kier alpha value is -1.75. The van der Waals surface area contributed by atoms with Gasteiger partial charge in [0.2, 0.25) is 0 Å². The summed E-state index contributed by atoms with van der Waals surface area (Å²) in [5.41, 5.74) is -0.987. The fraction of sp³-hybridized carbons (Fsp3) is 0.333. The molecule has 1 aromatic heterocycles. The van der Waals surface area contributed by atoms with Crippen molar-refractivity contribution in [1.29, 1.82) is 0 Å². The smallest absolute Gasteiger partial charge is 0.441 e. The molecule has 0 unspecified atom stereocenters. The van der Waals surface area contributed by atoms with Crippen LogP contribution < -0.4 is 5.63 Å². The third-order valence-electron chi connectivity index (χ3n) is 2.13. The summed E-state index contributed by atoms with van der Waals surface area (Å²) >= 11 is 5.83. The average molecular weight is 270 g/mol. The van der Waals surface area contributed by atoms with E-state index in [1.807, 2.05) is 0 Å². The van der Waals surface area contributed by atoms with Crippen LogP contribution in [0.25, 0.3) is 10.9 Å². The van der Waals surface area contributed by atoms with E-state index in [4.69, 9.17) is 20.9 Å². The van der Waals surface area contributed by atoms with Gasteiger partial charge in [0.05, 0.1) is 5.39 Å². The zero-order chi connectivity index (χ0) is 13.5. The minimum Gasteiger partial charge on any atom is -0.441 e. The molecule has 0 spiro atoms. The number of rotatable bonds is 0. The van der Waals surface area contributed by atoms with Crippen molar-refractivity contribution < 1.29 is 14.1 Å². The lowest BCUT2D eigenvalue weighted by molar-refractivity contribution is 0.0391. The van der Waals surface area contributed by atoms with Crippen LogP contribution in [0, 0.1) is 0 Å². The van der Waals surface area contributed by atoms with Crippen molar-refractivity contribution in [3.63, 3.8) is 0 Å². The highest BCUT2D eigenvalue weighted by Crippen LogP contribution is 2.19. The Morgan fingerprint density at radius 1 is 1.39 bits per heavy atom. The fourth-order valence-electron chi connectivity index (χ4n) is 1.47. The molecule has 6 heteroatoms. The van der Waals surface area contributed by atoms with Gasteiger partial charge in [-0.25, -0.2) is 9.59 Å². The number of hydrogen-bond acceptors (Lipinski definition) is 4. The molecule has 1 heterocycles. The molecular formula is C12H12ClNO4. The number of carbonyl (C=O) groups excluding carboxylic acids is 1. The van der Waals surface area contributed by atoms with Crippen molar-refractivity contribution in [3.05, 3.63) is 33.6 Å². The summed E-state index contributed by atoms with van der Waals surface area (Å²) in [5, 5.41) is 0.686. The van der Waals surface area contributed by atoms with Crippen molar-refractivity contribution in [2.24, 2.45) is 0 Å². The third-order valence-corrected chi connectivity index (χ3v) is 2.37. The second kappa shape index (κ2) is 4.17. The van der Waals surface area contributed by atoms with E-state index >= 15 is 0 Å². The van der Waals surface area contributed by atoms with Crippen molar-refractivity contribution in [2.75, 3.05) is 0 Å². The maximum Gasteiger partial charge on any atom is 0.448 e. The Bertz CT molecular complexity index is 663. The van der Waals surface area contributed by atoms with Gasteiger partial charge >= 0.3 is 11.7 Å². The van der Waals surface area contributed by atoms with Crippen molar-refractivity contribution >= 4 is 28.6 Å². The van der Waals surface area contributed by atoms with Gasteiger partial charge in [0.1, 0.15) is 11.1 Å². The molecule has 1 aromatic carbocycles. The van der Waals surface area contributed by atoms with Crippen LogP contribution in [0.2, 0.25) is 5.02 Å². The summed E-state index contributed by atoms with van der Waals surface area (Å²) in [6, 6.07) is 4.54. The molecule has 96 valence electrons. The molecular weight excluding hydrogens is 258 g/mol. The van der Waals surface area contributed by atoms with E-state index < -0.39 is 17.3 Å². The van der Waals surface area contributed by atoms with Gasteiger partial charge in [0, 0.05) is 5.02 Å². The van der Waals surface area contributed by atoms with E-state index in [1.54, 1.807) is 26.8 Å². The Labute approximate surface area is 108 Å². The van der Waals surface area contributed by atoms with Gasteiger partial charge in [-0.05, 0) is 39.0 Å². The summed E-state index contributed by atoms with van der Waals surface area (Å²) in [6.07, 6.45) is -0.753. The van der Waals surface area contributed by atoms with Gasteiger partial charge in [0.25, 0.3) is 0 Å². The van der Waals surface area contributed by atoms with Crippen LogP contribution >= 0.6 is 11.6 Å². The van der Waals surface area contributed by atoms with Crippen LogP contribution in [0.5, 0.6) is 0 Å². The van der Waals surface area contributed by atoms with E-state index in [1.165, 1.54) is 12.1 Å². The molecule has 0 saturated heterocycles. The van der Waals surface area contributed by atoms with E-state index in [0.29, 0.717) is 10.5 Å². The Morgan fingerprint density at radius 2 is 2.06 bits per heavy atom. The quantitative estimate of drug-likeness (QED) is 0.737. The maximum absolute atomic E-state index is 11.9. The number of hydrogen-bond donors (Lipinski definition) is 0. The van der Waals surface area contributed by atoms with Crippen LogP contribution in [0.3, 0.4) is 0 Å². The Balaban J connectivity index is 2.55. The molecule has 0 bridgehead atoms. The zero-order valence-electron chi connectivity index (χ0n) is 10.2. The van der Waals surface area contributed by atoms with Crippen molar-refractivity contribution in [3.8, 4) is 0 Å². The van der Waals surface area contributed by atoms with Gasteiger partial charge in [-0.3, -0.25) is 0 Å². The topological polar surface area (TPSA) is 61.4 Å². The van der Waals surface area contributed by atoms with Crippen LogP contribution in [0.4, 0.5) is 4.79 Å². The second-order valence-corrected chi connectivity index (χ2v) is 5.25. The summed E-state index contributed by atoms with van der Waals surface area (Å²) in [6.45, 7) is 5.17. The van der Waals surface area contributed by atoms with E-state index in [0.717, 1.165) is 4.74 Å². The van der Waals surface area contributed by atoms with Crippen molar-refractivity contribution in [1.82, 2.24) is 4.74 Å². The molecule has 0 aliphatic rings. The van der Waals surface area contributed by atoms with E-state index in [9.17, 15) is 9.59 Å². The lowest BCUT2D eigenvalue weighted by Gasteiger charge is -2.18. The van der Waals surface area contributed by atoms with E-state index in [2.05, 4.69) is 0 Å². The second-order valence-electron chi connectivity index (χ2n) is 4.81. The summed E-state index contributed by atoms with van der Waals surface area (Å²) in [5.74, 6) is 0. The predicted molar refractivity (Wildman–Crippen MR) is 67.1 cm³/mol. The highest BCUT2D eigenvalue weighted by Gasteiger charge is 2.22. The minimum absolute atomic E-state index is 0.283. The maximum atomic E-state index is 11.9. The molecule has 0 radical (unpaired) electrons. The molecule has 2 rings (SSSR count). The third kappa shape index (κ3) is 2.41. The molecule has 0 N–H and O–H groups in total. The minimum atomic E-state index is -0.753. The molecule has 0 fully saturated rings. The number of nitrogens with zero attached hydrogens (tertiary/aromatic N) is 1. The summed E-state index contributed by atoms with van der Waals surface area (Å²) < 4.78 is 10.8. The number of fused-ring (bicyclic) bond motifs is 1. The van der Waals surface area contributed by atoms with E-state index in [-0.39, 0.29) is 5.39 Å². The number of ether oxygens (including phenoxy) is 1. The first kappa shape index (κ1) is 12.7. The monoisotopic (exact) mass is 269 g/mol. The largest absolute Gasteiger partial charge is 0.448 e. The van der Waals surface area contributed by atoms with Crippen LogP contribution in [-0.2, 0) is 4.74 Å². The molecule has 18 heavy (non-hydrogen) atoms. The van der Waals surface area contributed by atoms with Gasteiger partial charge in [-0.2, -0.15) is 0 Å². The first-order chi connectivity index (χ1) is 8.28. The molecule has 0 amide bonds. The highest BCUT2D eigenvalue weighted by atomic mass is 35.5. The van der Waals surface area contributed by atoms with Crippen molar-refractivity contribution in [2.45, 2.75) is 26.4 Å². The van der Waals surface area contributed by atoms with Gasteiger partial charge < -0.3 is 9.26 Å². The number of aromatic nitrogens is 1. The summed E-state index contributed by atoms with van der Waals surface area (Å²) in [4.78, 5) is 23.4. The van der Waals surface area contributed by atoms with Gasteiger partial charge in [-0.1, -0.05) is 11.6 Å². The van der Waals surface area contributed by atoms with Crippen LogP contribution in [0.1, 0.15) is 20.8 Å². The van der Waals surface area contributed by atoms with Crippen LogP contribution in [0.15, 0.2) is 27.5 Å². The van der Waals surface area contributed by atoms with Gasteiger partial charge in [0.15, 0.2) is 0 Å². The molecule has 0 aliphatic heterocycles.